The Hall–Kier alpha value is -1.45. The number of benzene rings is 2. The average Bonchev–Trinajstić information content (AvgIpc) is 2.35. The topological polar surface area (TPSA) is 20.2 Å². The Balaban J connectivity index is 2.17. The van der Waals surface area contributed by atoms with E-state index in [1.54, 1.807) is 31.2 Å². The molecule has 0 aliphatic heterocycles. The Kier molecular flexibility index (Phi) is 4.41. The molecule has 0 radical (unpaired) electrons. The Morgan fingerprint density at radius 2 is 1.60 bits per heavy atom. The van der Waals surface area contributed by atoms with Crippen LogP contribution in [0.25, 0.3) is 0 Å². The molecule has 0 saturated heterocycles. The number of halogens is 3. The van der Waals surface area contributed by atoms with E-state index >= 15 is 0 Å². The molecule has 4 heteroatoms. The number of rotatable bonds is 4. The largest absolute Gasteiger partial charge is 0.389 e. The van der Waals surface area contributed by atoms with Crippen LogP contribution in [0.2, 0.25) is 5.02 Å². The smallest absolute Gasteiger partial charge is 0.127 e. The minimum Gasteiger partial charge on any atom is -0.389 e. The molecule has 1 atom stereocenters. The van der Waals surface area contributed by atoms with Crippen molar-refractivity contribution in [3.8, 4) is 0 Å². The first-order valence-corrected chi connectivity index (χ1v) is 6.65. The van der Waals surface area contributed by atoms with E-state index in [0.717, 1.165) is 0 Å². The van der Waals surface area contributed by atoms with Crippen LogP contribution < -0.4 is 0 Å². The van der Waals surface area contributed by atoms with Crippen molar-refractivity contribution in [2.45, 2.75) is 25.4 Å². The third-order valence-corrected chi connectivity index (χ3v) is 3.35. The third kappa shape index (κ3) is 3.78. The van der Waals surface area contributed by atoms with Gasteiger partial charge in [-0.25, -0.2) is 8.78 Å². The molecule has 0 aliphatic carbocycles. The van der Waals surface area contributed by atoms with Crippen molar-refractivity contribution in [1.29, 1.82) is 0 Å². The van der Waals surface area contributed by atoms with E-state index in [0.29, 0.717) is 16.1 Å². The lowest BCUT2D eigenvalue weighted by atomic mass is 9.89. The van der Waals surface area contributed by atoms with Crippen molar-refractivity contribution < 1.29 is 13.9 Å². The van der Waals surface area contributed by atoms with Gasteiger partial charge >= 0.3 is 0 Å². The van der Waals surface area contributed by atoms with Gasteiger partial charge < -0.3 is 5.11 Å². The third-order valence-electron chi connectivity index (χ3n) is 3.12. The van der Waals surface area contributed by atoms with Gasteiger partial charge in [0.05, 0.1) is 5.60 Å². The van der Waals surface area contributed by atoms with Crippen LogP contribution >= 0.6 is 11.6 Å². The molecular formula is C16H15ClF2O. The highest BCUT2D eigenvalue weighted by atomic mass is 35.5. The van der Waals surface area contributed by atoms with Gasteiger partial charge in [-0.1, -0.05) is 35.9 Å². The molecule has 1 nitrogen and oxygen atoms in total. The van der Waals surface area contributed by atoms with Crippen LogP contribution in [-0.4, -0.2) is 10.7 Å². The SMILES string of the molecule is CC(O)(Cc1ccccc1F)Cc1ccc(Cl)cc1F. The van der Waals surface area contributed by atoms with Crippen molar-refractivity contribution in [3.05, 3.63) is 70.2 Å². The number of hydrogen-bond acceptors (Lipinski definition) is 1. The van der Waals surface area contributed by atoms with Gasteiger partial charge in [-0.3, -0.25) is 0 Å². The zero-order valence-corrected chi connectivity index (χ0v) is 11.8. The molecule has 0 bridgehead atoms. The Bertz CT molecular complexity index is 611. The van der Waals surface area contributed by atoms with E-state index in [1.807, 2.05) is 0 Å². The molecular weight excluding hydrogens is 282 g/mol. The summed E-state index contributed by atoms with van der Waals surface area (Å²) in [5.41, 5.74) is -0.473. The van der Waals surface area contributed by atoms with Crippen molar-refractivity contribution in [3.63, 3.8) is 0 Å². The second kappa shape index (κ2) is 5.90. The van der Waals surface area contributed by atoms with Crippen molar-refractivity contribution in [2.24, 2.45) is 0 Å². The van der Waals surface area contributed by atoms with Crippen LogP contribution in [-0.2, 0) is 12.8 Å². The molecule has 0 amide bonds. The highest BCUT2D eigenvalue weighted by Gasteiger charge is 2.24. The zero-order chi connectivity index (χ0) is 14.8. The Morgan fingerprint density at radius 3 is 2.20 bits per heavy atom. The molecule has 0 fully saturated rings. The zero-order valence-electron chi connectivity index (χ0n) is 11.0. The van der Waals surface area contributed by atoms with Crippen molar-refractivity contribution in [1.82, 2.24) is 0 Å². The summed E-state index contributed by atoms with van der Waals surface area (Å²) < 4.78 is 27.3. The van der Waals surface area contributed by atoms with E-state index < -0.39 is 11.4 Å². The average molecular weight is 297 g/mol. The summed E-state index contributed by atoms with van der Waals surface area (Å²) in [5.74, 6) is -0.837. The summed E-state index contributed by atoms with van der Waals surface area (Å²) in [5, 5.41) is 10.7. The summed E-state index contributed by atoms with van der Waals surface area (Å²) >= 11 is 5.69. The summed E-state index contributed by atoms with van der Waals surface area (Å²) in [4.78, 5) is 0. The lowest BCUT2D eigenvalue weighted by Gasteiger charge is -2.24. The molecule has 0 aliphatic rings. The normalized spacial score (nSPS) is 14.1. The van der Waals surface area contributed by atoms with E-state index in [2.05, 4.69) is 0 Å². The van der Waals surface area contributed by atoms with Crippen LogP contribution in [0.1, 0.15) is 18.1 Å². The molecule has 2 rings (SSSR count). The van der Waals surface area contributed by atoms with Gasteiger partial charge in [0.1, 0.15) is 11.6 Å². The Morgan fingerprint density at radius 1 is 1.00 bits per heavy atom. The summed E-state index contributed by atoms with van der Waals surface area (Å²) in [6, 6.07) is 10.6. The number of aliphatic hydroxyl groups is 1. The molecule has 0 heterocycles. The molecule has 1 unspecified atom stereocenters. The fraction of sp³-hybridized carbons (Fsp3) is 0.250. The van der Waals surface area contributed by atoms with E-state index in [9.17, 15) is 13.9 Å². The molecule has 0 aromatic heterocycles. The maximum Gasteiger partial charge on any atom is 0.127 e. The molecule has 2 aromatic carbocycles. The maximum absolute atomic E-state index is 13.7. The second-order valence-corrected chi connectivity index (χ2v) is 5.61. The monoisotopic (exact) mass is 296 g/mol. The van der Waals surface area contributed by atoms with E-state index in [-0.39, 0.29) is 18.7 Å². The predicted molar refractivity (Wildman–Crippen MR) is 75.8 cm³/mol. The van der Waals surface area contributed by atoms with Crippen LogP contribution in [0.3, 0.4) is 0 Å². The van der Waals surface area contributed by atoms with E-state index in [4.69, 9.17) is 11.6 Å². The minimum atomic E-state index is -1.24. The molecule has 106 valence electrons. The van der Waals surface area contributed by atoms with Crippen molar-refractivity contribution >= 4 is 11.6 Å². The van der Waals surface area contributed by atoms with Gasteiger partial charge in [-0.2, -0.15) is 0 Å². The van der Waals surface area contributed by atoms with Crippen LogP contribution in [0.5, 0.6) is 0 Å². The lowest BCUT2D eigenvalue weighted by molar-refractivity contribution is 0.0590. The highest BCUT2D eigenvalue weighted by molar-refractivity contribution is 6.30. The fourth-order valence-corrected chi connectivity index (χ4v) is 2.35. The first kappa shape index (κ1) is 14.9. The van der Waals surface area contributed by atoms with Crippen LogP contribution in [0, 0.1) is 11.6 Å². The fourth-order valence-electron chi connectivity index (χ4n) is 2.19. The summed E-state index contributed by atoms with van der Waals surface area (Å²) in [6.45, 7) is 1.56. The summed E-state index contributed by atoms with van der Waals surface area (Å²) in [6.07, 6.45) is 0.200. The van der Waals surface area contributed by atoms with Gasteiger partial charge in [0.2, 0.25) is 0 Å². The molecule has 20 heavy (non-hydrogen) atoms. The quantitative estimate of drug-likeness (QED) is 0.898. The van der Waals surface area contributed by atoms with E-state index in [1.165, 1.54) is 18.2 Å². The van der Waals surface area contributed by atoms with Crippen LogP contribution in [0.4, 0.5) is 8.78 Å². The van der Waals surface area contributed by atoms with Gasteiger partial charge in [-0.05, 0) is 36.2 Å². The standard InChI is InChI=1S/C16H15ClF2O/c1-16(20,9-11-4-2-3-5-14(11)18)10-12-6-7-13(17)8-15(12)19/h2-8,20H,9-10H2,1H3. The second-order valence-electron chi connectivity index (χ2n) is 5.18. The molecule has 1 N–H and O–H groups in total. The number of hydrogen-bond donors (Lipinski definition) is 1. The maximum atomic E-state index is 13.7. The van der Waals surface area contributed by atoms with Crippen LogP contribution in [0.15, 0.2) is 42.5 Å². The van der Waals surface area contributed by atoms with Gasteiger partial charge in [-0.15, -0.1) is 0 Å². The van der Waals surface area contributed by atoms with Gasteiger partial charge in [0, 0.05) is 17.9 Å². The van der Waals surface area contributed by atoms with Gasteiger partial charge in [0.25, 0.3) is 0 Å². The molecule has 2 aromatic rings. The first-order valence-electron chi connectivity index (χ1n) is 6.27. The summed E-state index contributed by atoms with van der Waals surface area (Å²) in [7, 11) is 0. The lowest BCUT2D eigenvalue weighted by Crippen LogP contribution is -2.31. The van der Waals surface area contributed by atoms with Crippen molar-refractivity contribution in [2.75, 3.05) is 0 Å². The highest BCUT2D eigenvalue weighted by Crippen LogP contribution is 2.23. The first-order chi connectivity index (χ1) is 9.37. The molecule has 0 spiro atoms. The Labute approximate surface area is 121 Å². The molecule has 0 saturated carbocycles. The predicted octanol–water partition coefficient (Wildman–Crippen LogP) is 4.15. The minimum absolute atomic E-state index is 0.0876. The van der Waals surface area contributed by atoms with Gasteiger partial charge in [0.15, 0.2) is 0 Å².